The SMILES string of the molecule is C=C1[C@H]2CCC[C@@H]2[C@]2(O)C(OC(C)C)=C(OC(C)C)C(=O)[C@]12CC. The molecule has 0 radical (unpaired) electrons. The van der Waals surface area contributed by atoms with E-state index in [1.165, 1.54) is 0 Å². The van der Waals surface area contributed by atoms with Crippen LogP contribution in [0.1, 0.15) is 60.3 Å². The third-order valence-corrected chi connectivity index (χ3v) is 6.08. The number of ketones is 1. The lowest BCUT2D eigenvalue weighted by atomic mass is 9.68. The molecular formula is C20H30O4. The minimum absolute atomic E-state index is 0.00378. The van der Waals surface area contributed by atoms with Crippen molar-refractivity contribution in [2.45, 2.75) is 78.1 Å². The molecule has 2 fully saturated rings. The highest BCUT2D eigenvalue weighted by Crippen LogP contribution is 2.69. The van der Waals surface area contributed by atoms with Crippen molar-refractivity contribution in [3.8, 4) is 0 Å². The van der Waals surface area contributed by atoms with Gasteiger partial charge in [0.05, 0.1) is 17.6 Å². The van der Waals surface area contributed by atoms with Gasteiger partial charge in [0.15, 0.2) is 5.76 Å². The number of carbonyl (C=O) groups is 1. The molecule has 3 aliphatic rings. The van der Waals surface area contributed by atoms with Gasteiger partial charge in [-0.3, -0.25) is 4.79 Å². The van der Waals surface area contributed by atoms with Crippen LogP contribution in [0.5, 0.6) is 0 Å². The average Bonchev–Trinajstić information content (AvgIpc) is 3.09. The topological polar surface area (TPSA) is 55.8 Å². The number of hydrogen-bond donors (Lipinski definition) is 1. The molecule has 134 valence electrons. The Labute approximate surface area is 144 Å². The molecule has 24 heavy (non-hydrogen) atoms. The highest BCUT2D eigenvalue weighted by atomic mass is 16.5. The molecule has 4 nitrogen and oxygen atoms in total. The van der Waals surface area contributed by atoms with Crippen LogP contribution >= 0.6 is 0 Å². The first kappa shape index (κ1) is 17.5. The molecule has 0 aliphatic heterocycles. The second-order valence-electron chi connectivity index (χ2n) is 8.01. The van der Waals surface area contributed by atoms with Crippen LogP contribution in [0.25, 0.3) is 0 Å². The Hall–Kier alpha value is -1.29. The number of fused-ring (bicyclic) bond motifs is 3. The molecule has 0 aromatic rings. The number of hydrogen-bond acceptors (Lipinski definition) is 4. The van der Waals surface area contributed by atoms with Crippen LogP contribution in [0.4, 0.5) is 0 Å². The molecule has 0 amide bonds. The van der Waals surface area contributed by atoms with Gasteiger partial charge < -0.3 is 14.6 Å². The molecule has 0 saturated heterocycles. The van der Waals surface area contributed by atoms with Gasteiger partial charge in [0, 0.05) is 5.92 Å². The number of carbonyl (C=O) groups excluding carboxylic acids is 1. The number of aliphatic hydroxyl groups is 1. The number of Topliss-reactive ketones (excluding diaryl/α,β-unsaturated/α-hetero) is 1. The van der Waals surface area contributed by atoms with Crippen LogP contribution in [0.15, 0.2) is 23.7 Å². The van der Waals surface area contributed by atoms with Gasteiger partial charge in [0.25, 0.3) is 0 Å². The predicted octanol–water partition coefficient (Wildman–Crippen LogP) is 3.74. The van der Waals surface area contributed by atoms with E-state index in [2.05, 4.69) is 6.58 Å². The van der Waals surface area contributed by atoms with Gasteiger partial charge in [0.1, 0.15) is 5.60 Å². The van der Waals surface area contributed by atoms with E-state index in [0.717, 1.165) is 24.8 Å². The van der Waals surface area contributed by atoms with Crippen molar-refractivity contribution in [1.29, 1.82) is 0 Å². The summed E-state index contributed by atoms with van der Waals surface area (Å²) < 4.78 is 11.9. The monoisotopic (exact) mass is 334 g/mol. The third kappa shape index (κ3) is 1.92. The fourth-order valence-electron chi connectivity index (χ4n) is 5.28. The van der Waals surface area contributed by atoms with E-state index in [-0.39, 0.29) is 35.6 Å². The van der Waals surface area contributed by atoms with Crippen molar-refractivity contribution >= 4 is 5.78 Å². The van der Waals surface area contributed by atoms with E-state index in [4.69, 9.17) is 9.47 Å². The largest absolute Gasteiger partial charge is 0.488 e. The summed E-state index contributed by atoms with van der Waals surface area (Å²) in [5, 5.41) is 11.9. The fourth-order valence-corrected chi connectivity index (χ4v) is 5.28. The molecule has 0 heterocycles. The average molecular weight is 334 g/mol. The zero-order chi connectivity index (χ0) is 17.9. The standard InChI is InChI=1S/C20H30O4/c1-7-19-13(6)14-9-8-10-15(14)20(19,22)18(24-12(4)5)16(17(19)21)23-11(2)3/h11-12,14-15,22H,6-10H2,1-5H3/t14-,15+,19+,20+/m1/s1. The molecule has 0 unspecified atom stereocenters. The maximum atomic E-state index is 13.4. The Morgan fingerprint density at radius 3 is 2.38 bits per heavy atom. The van der Waals surface area contributed by atoms with Crippen LogP contribution in [-0.4, -0.2) is 28.7 Å². The number of rotatable bonds is 5. The summed E-state index contributed by atoms with van der Waals surface area (Å²) in [6.45, 7) is 13.8. The summed E-state index contributed by atoms with van der Waals surface area (Å²) >= 11 is 0. The molecule has 0 aromatic heterocycles. The van der Waals surface area contributed by atoms with Crippen LogP contribution < -0.4 is 0 Å². The van der Waals surface area contributed by atoms with Gasteiger partial charge in [0.2, 0.25) is 11.5 Å². The quantitative estimate of drug-likeness (QED) is 0.778. The second-order valence-corrected chi connectivity index (χ2v) is 8.01. The number of allylic oxidation sites excluding steroid dienone is 1. The van der Waals surface area contributed by atoms with Crippen LogP contribution in [0, 0.1) is 17.3 Å². The Morgan fingerprint density at radius 1 is 1.21 bits per heavy atom. The highest BCUT2D eigenvalue weighted by molar-refractivity contribution is 6.06. The molecule has 3 aliphatic carbocycles. The van der Waals surface area contributed by atoms with Crippen molar-refractivity contribution in [2.24, 2.45) is 17.3 Å². The summed E-state index contributed by atoms with van der Waals surface area (Å²) in [7, 11) is 0. The smallest absolute Gasteiger partial charge is 0.214 e. The van der Waals surface area contributed by atoms with E-state index in [0.29, 0.717) is 12.2 Å². The summed E-state index contributed by atoms with van der Waals surface area (Å²) in [4.78, 5) is 13.4. The van der Waals surface area contributed by atoms with E-state index < -0.39 is 11.0 Å². The zero-order valence-corrected chi connectivity index (χ0v) is 15.5. The first-order valence-corrected chi connectivity index (χ1v) is 9.26. The van der Waals surface area contributed by atoms with Gasteiger partial charge in [-0.25, -0.2) is 0 Å². The molecule has 4 atom stereocenters. The van der Waals surface area contributed by atoms with Gasteiger partial charge >= 0.3 is 0 Å². The van der Waals surface area contributed by atoms with E-state index in [9.17, 15) is 9.90 Å². The molecule has 0 spiro atoms. The maximum Gasteiger partial charge on any atom is 0.214 e. The first-order chi connectivity index (χ1) is 11.2. The van der Waals surface area contributed by atoms with Gasteiger partial charge in [-0.1, -0.05) is 25.5 Å². The molecule has 0 bridgehead atoms. The van der Waals surface area contributed by atoms with Crippen molar-refractivity contribution in [2.75, 3.05) is 0 Å². The molecule has 3 rings (SSSR count). The first-order valence-electron chi connectivity index (χ1n) is 9.26. The number of ether oxygens (including phenoxy) is 2. The summed E-state index contributed by atoms with van der Waals surface area (Å²) in [6, 6.07) is 0. The molecule has 4 heteroatoms. The van der Waals surface area contributed by atoms with Crippen molar-refractivity contribution < 1.29 is 19.4 Å². The van der Waals surface area contributed by atoms with E-state index >= 15 is 0 Å². The highest BCUT2D eigenvalue weighted by Gasteiger charge is 2.76. The van der Waals surface area contributed by atoms with Gasteiger partial charge in [-0.2, -0.15) is 0 Å². The zero-order valence-electron chi connectivity index (χ0n) is 15.5. The predicted molar refractivity (Wildman–Crippen MR) is 92.1 cm³/mol. The Bertz CT molecular complexity index is 603. The summed E-state index contributed by atoms with van der Waals surface area (Å²) in [5.41, 5.74) is -1.42. The molecule has 1 N–H and O–H groups in total. The Morgan fingerprint density at radius 2 is 1.83 bits per heavy atom. The van der Waals surface area contributed by atoms with E-state index in [1.807, 2.05) is 34.6 Å². The normalized spacial score (nSPS) is 38.3. The Kier molecular flexibility index (Phi) is 4.10. The van der Waals surface area contributed by atoms with Crippen molar-refractivity contribution in [1.82, 2.24) is 0 Å². The minimum atomic E-state index is -1.31. The van der Waals surface area contributed by atoms with Crippen LogP contribution in [0.2, 0.25) is 0 Å². The second kappa shape index (κ2) is 5.62. The molecule has 0 aromatic carbocycles. The van der Waals surface area contributed by atoms with Crippen molar-refractivity contribution in [3.63, 3.8) is 0 Å². The lowest BCUT2D eigenvalue weighted by molar-refractivity contribution is -0.137. The molecule has 2 saturated carbocycles. The van der Waals surface area contributed by atoms with Crippen LogP contribution in [-0.2, 0) is 14.3 Å². The van der Waals surface area contributed by atoms with Crippen molar-refractivity contribution in [3.05, 3.63) is 23.7 Å². The molecular weight excluding hydrogens is 304 g/mol. The fraction of sp³-hybridized carbons (Fsp3) is 0.750. The summed E-state index contributed by atoms with van der Waals surface area (Å²) in [6.07, 6.45) is 3.18. The van der Waals surface area contributed by atoms with Gasteiger partial charge in [-0.15, -0.1) is 0 Å². The minimum Gasteiger partial charge on any atom is -0.488 e. The van der Waals surface area contributed by atoms with Gasteiger partial charge in [-0.05, 0) is 52.9 Å². The lowest BCUT2D eigenvalue weighted by Crippen LogP contribution is -2.50. The Balaban J connectivity index is 2.21. The van der Waals surface area contributed by atoms with Crippen LogP contribution in [0.3, 0.4) is 0 Å². The maximum absolute atomic E-state index is 13.4. The van der Waals surface area contributed by atoms with E-state index in [1.54, 1.807) is 0 Å². The summed E-state index contributed by atoms with van der Waals surface area (Å²) in [5.74, 6) is 0.626. The lowest BCUT2D eigenvalue weighted by Gasteiger charge is -2.39. The third-order valence-electron chi connectivity index (χ3n) is 6.08.